The van der Waals surface area contributed by atoms with Crippen molar-refractivity contribution in [2.24, 2.45) is 0 Å². The molecule has 2 N–H and O–H groups in total. The van der Waals surface area contributed by atoms with E-state index >= 15 is 0 Å². The minimum Gasteiger partial charge on any atom is -0.398 e. The fraction of sp³-hybridized carbons (Fsp3) is 0.333. The number of hydrogen-bond acceptors (Lipinski definition) is 5. The molecule has 6 heteroatoms. The number of fused-ring (bicyclic) bond motifs is 1. The van der Waals surface area contributed by atoms with Crippen LogP contribution in [0.4, 0.5) is 5.69 Å². The molecule has 0 radical (unpaired) electrons. The van der Waals surface area contributed by atoms with Gasteiger partial charge in [0.05, 0.1) is 27.5 Å². The second-order valence-corrected chi connectivity index (χ2v) is 4.36. The van der Waals surface area contributed by atoms with Gasteiger partial charge in [-0.1, -0.05) is 6.04 Å². The molecule has 108 valence electrons. The first-order valence-corrected chi connectivity index (χ1v) is 5.84. The molecular weight excluding hydrogens is 270 g/mol. The summed E-state index contributed by atoms with van der Waals surface area (Å²) in [4.78, 5) is 41.6. The summed E-state index contributed by atoms with van der Waals surface area (Å²) in [6, 6.07) is -4.60. The van der Waals surface area contributed by atoms with Gasteiger partial charge in [0.25, 0.3) is 5.56 Å². The third-order valence-corrected chi connectivity index (χ3v) is 3.01. The minimum atomic E-state index is -3.34. The lowest BCUT2D eigenvalue weighted by Crippen LogP contribution is -2.36. The van der Waals surface area contributed by atoms with Crippen LogP contribution in [0.2, 0.25) is 0 Å². The molecule has 0 bridgehead atoms. The van der Waals surface area contributed by atoms with Crippen LogP contribution in [0.15, 0.2) is 22.9 Å². The average molecular weight is 295 g/mol. The second-order valence-electron chi connectivity index (χ2n) is 4.36. The third kappa shape index (κ3) is 2.12. The van der Waals surface area contributed by atoms with E-state index < -0.39 is 89.7 Å². The molecule has 0 spiro atoms. The van der Waals surface area contributed by atoms with Gasteiger partial charge < -0.3 is 5.73 Å². The molecule has 1 fully saturated rings. The monoisotopic (exact) mass is 295 g/mol. The number of Topliss-reactive ketones (excluding diaryl/α,β-unsaturated/α-hetero) is 2. The van der Waals surface area contributed by atoms with Gasteiger partial charge in [-0.15, -0.1) is 0 Å². The zero-order valence-electron chi connectivity index (χ0n) is 20.5. The Labute approximate surface area is 134 Å². The number of carbonyl (C=O) groups excluding carboxylic acids is 2. The number of aromatic nitrogens is 2. The largest absolute Gasteiger partial charge is 0.398 e. The van der Waals surface area contributed by atoms with E-state index in [-0.39, 0.29) is 4.57 Å². The molecule has 3 rings (SSSR count). The molecule has 1 atom stereocenters. The highest BCUT2D eigenvalue weighted by Crippen LogP contribution is 2.24. The summed E-state index contributed by atoms with van der Waals surface area (Å²) in [6.45, 7) is -3.24. The van der Waals surface area contributed by atoms with Crippen LogP contribution in [-0.2, 0) is 9.59 Å². The molecule has 1 saturated carbocycles. The molecule has 1 aliphatic carbocycles. The Hall–Kier alpha value is -2.50. The Morgan fingerprint density at radius 1 is 1.48 bits per heavy atom. The smallest absolute Gasteiger partial charge is 0.264 e. The lowest BCUT2D eigenvalue weighted by atomic mass is 9.92. The van der Waals surface area contributed by atoms with Crippen molar-refractivity contribution < 1.29 is 23.3 Å². The van der Waals surface area contributed by atoms with Gasteiger partial charge in [0.1, 0.15) is 11.6 Å². The summed E-state index contributed by atoms with van der Waals surface area (Å²) in [7, 11) is 0. The molecular formula is C15H15N3O3. The van der Waals surface area contributed by atoms with Crippen LogP contribution >= 0.6 is 0 Å². The number of nitrogens with two attached hydrogens (primary N) is 1. The molecule has 21 heavy (non-hydrogen) atoms. The zero-order valence-corrected chi connectivity index (χ0v) is 10.5. The summed E-state index contributed by atoms with van der Waals surface area (Å²) in [6.07, 6.45) is -7.66. The zero-order chi connectivity index (χ0) is 23.8. The first kappa shape index (κ1) is 6.09. The highest BCUT2D eigenvalue weighted by Gasteiger charge is 2.30. The van der Waals surface area contributed by atoms with E-state index in [9.17, 15) is 14.4 Å². The number of ketones is 2. The predicted molar refractivity (Wildman–Crippen MR) is 78.1 cm³/mol. The standard InChI is InChI=1S/C15H15N3O3/c1-8-17-11-4-2-3-10(16)14(11)15(21)18(8)12-6-5-9(19)7-13(12)20/h2-4,12H,5-7,16H2,1H3/t12-/m0/s1/i1D3,2D,3D,4D,5D2,6D2. The predicted octanol–water partition coefficient (Wildman–Crippen LogP) is 1.15. The molecule has 2 aromatic rings. The van der Waals surface area contributed by atoms with Crippen LogP contribution in [0.3, 0.4) is 0 Å². The van der Waals surface area contributed by atoms with Crippen LogP contribution < -0.4 is 11.3 Å². The molecule has 0 amide bonds. The van der Waals surface area contributed by atoms with Gasteiger partial charge in [-0.3, -0.25) is 19.0 Å². The van der Waals surface area contributed by atoms with Crippen LogP contribution in [0.1, 0.15) is 44.7 Å². The Morgan fingerprint density at radius 2 is 2.29 bits per heavy atom. The summed E-state index contributed by atoms with van der Waals surface area (Å²) < 4.78 is 78.5. The van der Waals surface area contributed by atoms with Crippen LogP contribution in [0.5, 0.6) is 0 Å². The molecule has 0 unspecified atom stereocenters. The molecule has 1 aromatic heterocycles. The van der Waals surface area contributed by atoms with Crippen molar-refractivity contribution in [1.29, 1.82) is 0 Å². The Balaban J connectivity index is 2.56. The van der Waals surface area contributed by atoms with Crippen molar-refractivity contribution >= 4 is 28.2 Å². The average Bonchev–Trinajstić information content (AvgIpc) is 2.63. The molecule has 6 nitrogen and oxygen atoms in total. The summed E-state index contributed by atoms with van der Waals surface area (Å²) in [5.74, 6) is -3.75. The minimum absolute atomic E-state index is 0.140. The van der Waals surface area contributed by atoms with E-state index in [0.717, 1.165) is 0 Å². The van der Waals surface area contributed by atoms with Gasteiger partial charge in [0, 0.05) is 21.7 Å². The van der Waals surface area contributed by atoms with Crippen molar-refractivity contribution in [2.75, 3.05) is 5.73 Å². The third-order valence-electron chi connectivity index (χ3n) is 3.01. The number of benzene rings is 1. The van der Waals surface area contributed by atoms with Gasteiger partial charge in [-0.25, -0.2) is 4.98 Å². The normalized spacial score (nSPS) is 31.5. The number of hydrogen-bond donors (Lipinski definition) is 1. The maximum atomic E-state index is 13.3. The molecule has 0 aliphatic heterocycles. The SMILES string of the molecule is [2H]c1c([2H])c(N)c2c(=O)n([C@@H]3C(=O)CC(=O)C([2H])([2H])C3([2H])[2H])c(C([2H])([2H])[2H])nc2c1[2H]. The lowest BCUT2D eigenvalue weighted by molar-refractivity contribution is -0.132. The van der Waals surface area contributed by atoms with Crippen molar-refractivity contribution in [3.63, 3.8) is 0 Å². The summed E-state index contributed by atoms with van der Waals surface area (Å²) in [5.41, 5.74) is 3.06. The first-order chi connectivity index (χ1) is 14.0. The van der Waals surface area contributed by atoms with Crippen molar-refractivity contribution in [3.05, 3.63) is 34.3 Å². The number of nitrogens with zero attached hydrogens (tertiary/aromatic N) is 2. The number of rotatable bonds is 1. The first-order valence-electron chi connectivity index (χ1n) is 10.8. The van der Waals surface area contributed by atoms with Crippen LogP contribution in [-0.4, -0.2) is 21.1 Å². The van der Waals surface area contributed by atoms with E-state index in [1.165, 1.54) is 0 Å². The van der Waals surface area contributed by atoms with E-state index in [2.05, 4.69) is 4.98 Å². The fourth-order valence-corrected chi connectivity index (χ4v) is 2.06. The van der Waals surface area contributed by atoms with E-state index in [0.29, 0.717) is 0 Å². The molecule has 1 aromatic carbocycles. The van der Waals surface area contributed by atoms with Gasteiger partial charge >= 0.3 is 0 Å². The Kier molecular flexibility index (Phi) is 1.39. The van der Waals surface area contributed by atoms with Gasteiger partial charge in [0.2, 0.25) is 0 Å². The topological polar surface area (TPSA) is 95.0 Å². The maximum Gasteiger partial charge on any atom is 0.264 e. The molecule has 1 heterocycles. The van der Waals surface area contributed by atoms with E-state index in [4.69, 9.17) is 19.4 Å². The van der Waals surface area contributed by atoms with Crippen molar-refractivity contribution in [1.82, 2.24) is 9.55 Å². The van der Waals surface area contributed by atoms with Gasteiger partial charge in [-0.2, -0.15) is 0 Å². The van der Waals surface area contributed by atoms with Gasteiger partial charge in [-0.05, 0) is 25.3 Å². The number of carbonyl (C=O) groups is 2. The maximum absolute atomic E-state index is 13.3. The molecule has 1 aliphatic rings. The summed E-state index contributed by atoms with van der Waals surface area (Å²) in [5, 5.41) is -0.680. The fourth-order valence-electron chi connectivity index (χ4n) is 2.06. The van der Waals surface area contributed by atoms with Gasteiger partial charge in [0.15, 0.2) is 5.78 Å². The second kappa shape index (κ2) is 4.80. The Morgan fingerprint density at radius 3 is 3.05 bits per heavy atom. The highest BCUT2D eigenvalue weighted by atomic mass is 16.2. The van der Waals surface area contributed by atoms with Crippen molar-refractivity contribution in [3.8, 4) is 0 Å². The number of nitrogen functional groups attached to an aromatic ring is 1. The molecule has 0 saturated heterocycles. The Bertz CT molecular complexity index is 1220. The number of aryl methyl sites for hydroxylation is 1. The lowest BCUT2D eigenvalue weighted by Gasteiger charge is -2.24. The quantitative estimate of drug-likeness (QED) is 0.629. The van der Waals surface area contributed by atoms with Crippen molar-refractivity contribution in [2.45, 2.75) is 32.1 Å². The van der Waals surface area contributed by atoms with E-state index in [1.807, 2.05) is 0 Å². The van der Waals surface area contributed by atoms with Crippen LogP contribution in [0.25, 0.3) is 10.9 Å². The number of anilines is 1. The highest BCUT2D eigenvalue weighted by molar-refractivity contribution is 6.03. The van der Waals surface area contributed by atoms with Crippen LogP contribution in [0, 0.1) is 6.85 Å². The summed E-state index contributed by atoms with van der Waals surface area (Å²) >= 11 is 0. The van der Waals surface area contributed by atoms with E-state index in [1.54, 1.807) is 0 Å².